The number of urea groups is 1. The lowest BCUT2D eigenvalue weighted by Crippen LogP contribution is -2.20. The molecule has 0 spiro atoms. The first-order chi connectivity index (χ1) is 9.58. The van der Waals surface area contributed by atoms with Gasteiger partial charge in [-0.2, -0.15) is 0 Å². The summed E-state index contributed by atoms with van der Waals surface area (Å²) in [5.41, 5.74) is 0.640. The summed E-state index contributed by atoms with van der Waals surface area (Å²) in [5.74, 6) is -1.60. The maximum Gasteiger partial charge on any atom is 0.323 e. The molecule has 102 valence electrons. The summed E-state index contributed by atoms with van der Waals surface area (Å²) < 4.78 is 26.1. The van der Waals surface area contributed by atoms with Crippen LogP contribution >= 0.6 is 0 Å². The first-order valence-electron chi connectivity index (χ1n) is 5.67. The third-order valence-corrected chi connectivity index (χ3v) is 2.46. The second kappa shape index (κ2) is 5.92. The van der Waals surface area contributed by atoms with Crippen LogP contribution in [0.5, 0.6) is 0 Å². The molecule has 0 aliphatic heterocycles. The number of anilines is 2. The number of amides is 2. The number of hydrogen-bond acceptors (Lipinski definition) is 2. The minimum absolute atomic E-state index is 0.143. The van der Waals surface area contributed by atoms with Gasteiger partial charge >= 0.3 is 6.03 Å². The number of halogens is 2. The number of hydrogen-bond donors (Lipinski definition) is 2. The second-order valence-corrected chi connectivity index (χ2v) is 3.95. The highest BCUT2D eigenvalue weighted by Gasteiger charge is 2.08. The molecule has 0 aliphatic rings. The maximum atomic E-state index is 13.3. The van der Waals surface area contributed by atoms with Gasteiger partial charge in [-0.1, -0.05) is 12.1 Å². The van der Waals surface area contributed by atoms with Crippen LogP contribution in [0.4, 0.5) is 25.0 Å². The van der Waals surface area contributed by atoms with E-state index in [-0.39, 0.29) is 5.69 Å². The lowest BCUT2D eigenvalue weighted by atomic mass is 10.2. The Hall–Kier alpha value is -2.76. The van der Waals surface area contributed by atoms with Gasteiger partial charge in [0.15, 0.2) is 0 Å². The fourth-order valence-electron chi connectivity index (χ4n) is 1.57. The number of rotatable bonds is 3. The van der Waals surface area contributed by atoms with Gasteiger partial charge in [0.2, 0.25) is 0 Å². The lowest BCUT2D eigenvalue weighted by molar-refractivity contribution is 0.112. The molecule has 0 unspecified atom stereocenters. The van der Waals surface area contributed by atoms with E-state index in [1.807, 2.05) is 0 Å². The molecule has 2 aromatic rings. The minimum Gasteiger partial charge on any atom is -0.308 e. The van der Waals surface area contributed by atoms with E-state index in [1.165, 1.54) is 6.07 Å². The zero-order valence-electron chi connectivity index (χ0n) is 10.2. The van der Waals surface area contributed by atoms with Gasteiger partial charge in [0.05, 0.1) is 5.69 Å². The molecule has 0 saturated carbocycles. The van der Waals surface area contributed by atoms with E-state index in [4.69, 9.17) is 0 Å². The number of carbonyl (C=O) groups is 2. The summed E-state index contributed by atoms with van der Waals surface area (Å²) in [4.78, 5) is 22.2. The zero-order chi connectivity index (χ0) is 14.5. The highest BCUT2D eigenvalue weighted by Crippen LogP contribution is 2.16. The predicted molar refractivity (Wildman–Crippen MR) is 70.8 cm³/mol. The van der Waals surface area contributed by atoms with Gasteiger partial charge in [-0.3, -0.25) is 4.79 Å². The summed E-state index contributed by atoms with van der Waals surface area (Å²) in [5, 5.41) is 4.68. The Labute approximate surface area is 113 Å². The Morgan fingerprint density at radius 2 is 1.85 bits per heavy atom. The van der Waals surface area contributed by atoms with Crippen LogP contribution in [0, 0.1) is 11.6 Å². The molecule has 2 rings (SSSR count). The predicted octanol–water partition coefficient (Wildman–Crippen LogP) is 3.42. The lowest BCUT2D eigenvalue weighted by Gasteiger charge is -2.08. The molecule has 2 amide bonds. The van der Waals surface area contributed by atoms with Gasteiger partial charge in [0, 0.05) is 17.3 Å². The Kier molecular flexibility index (Phi) is 4.05. The van der Waals surface area contributed by atoms with Crippen molar-refractivity contribution >= 4 is 23.7 Å². The summed E-state index contributed by atoms with van der Waals surface area (Å²) in [6, 6.07) is 8.34. The first-order valence-corrected chi connectivity index (χ1v) is 5.67. The van der Waals surface area contributed by atoms with Crippen LogP contribution in [0.3, 0.4) is 0 Å². The van der Waals surface area contributed by atoms with E-state index in [9.17, 15) is 18.4 Å². The Bertz CT molecular complexity index is 659. The average Bonchev–Trinajstić information content (AvgIpc) is 2.42. The smallest absolute Gasteiger partial charge is 0.308 e. The van der Waals surface area contributed by atoms with Gasteiger partial charge < -0.3 is 10.6 Å². The molecule has 0 fully saturated rings. The highest BCUT2D eigenvalue weighted by atomic mass is 19.1. The van der Waals surface area contributed by atoms with E-state index in [1.54, 1.807) is 18.2 Å². The molecule has 20 heavy (non-hydrogen) atoms. The third-order valence-electron chi connectivity index (χ3n) is 2.46. The average molecular weight is 276 g/mol. The fraction of sp³-hybridized carbons (Fsp3) is 0. The molecule has 0 atom stereocenters. The molecule has 2 aromatic carbocycles. The Morgan fingerprint density at radius 3 is 2.55 bits per heavy atom. The standard InChI is InChI=1S/C14H10F2N2O2/c15-10-4-5-13(12(16)7-10)18-14(20)17-11-3-1-2-9(6-11)8-19/h1-8H,(H2,17,18,20). The van der Waals surface area contributed by atoms with Crippen LogP contribution in [0.2, 0.25) is 0 Å². The van der Waals surface area contributed by atoms with Crippen molar-refractivity contribution < 1.29 is 18.4 Å². The molecule has 4 nitrogen and oxygen atoms in total. The van der Waals surface area contributed by atoms with E-state index in [0.29, 0.717) is 23.6 Å². The van der Waals surface area contributed by atoms with Crippen molar-refractivity contribution in [2.45, 2.75) is 0 Å². The molecular weight excluding hydrogens is 266 g/mol. The summed E-state index contributed by atoms with van der Waals surface area (Å²) in [7, 11) is 0. The van der Waals surface area contributed by atoms with E-state index in [0.717, 1.165) is 12.1 Å². The van der Waals surface area contributed by atoms with Crippen LogP contribution in [0.1, 0.15) is 10.4 Å². The van der Waals surface area contributed by atoms with Gasteiger partial charge in [0.1, 0.15) is 17.9 Å². The highest BCUT2D eigenvalue weighted by molar-refractivity contribution is 6.00. The monoisotopic (exact) mass is 276 g/mol. The van der Waals surface area contributed by atoms with Crippen LogP contribution in [0.15, 0.2) is 42.5 Å². The van der Waals surface area contributed by atoms with Gasteiger partial charge in [-0.25, -0.2) is 13.6 Å². The number of nitrogens with one attached hydrogen (secondary N) is 2. The molecule has 0 heterocycles. The molecule has 0 saturated heterocycles. The minimum atomic E-state index is -0.873. The Balaban J connectivity index is 2.06. The zero-order valence-corrected chi connectivity index (χ0v) is 10.2. The summed E-state index contributed by atoms with van der Waals surface area (Å²) >= 11 is 0. The third kappa shape index (κ3) is 3.38. The van der Waals surface area contributed by atoms with Crippen molar-refractivity contribution in [2.24, 2.45) is 0 Å². The van der Waals surface area contributed by atoms with Crippen LogP contribution in [0.25, 0.3) is 0 Å². The normalized spacial score (nSPS) is 9.90. The van der Waals surface area contributed by atoms with Crippen LogP contribution < -0.4 is 10.6 Å². The van der Waals surface area contributed by atoms with Crippen molar-refractivity contribution in [1.29, 1.82) is 0 Å². The van der Waals surface area contributed by atoms with Crippen LogP contribution in [-0.2, 0) is 0 Å². The molecule has 0 aliphatic carbocycles. The Morgan fingerprint density at radius 1 is 1.05 bits per heavy atom. The number of carbonyl (C=O) groups excluding carboxylic acids is 2. The van der Waals surface area contributed by atoms with E-state index < -0.39 is 17.7 Å². The van der Waals surface area contributed by atoms with Crippen molar-refractivity contribution in [1.82, 2.24) is 0 Å². The van der Waals surface area contributed by atoms with Gasteiger partial charge in [0.25, 0.3) is 0 Å². The van der Waals surface area contributed by atoms with E-state index in [2.05, 4.69) is 10.6 Å². The van der Waals surface area contributed by atoms with Crippen molar-refractivity contribution in [2.75, 3.05) is 10.6 Å². The summed E-state index contributed by atoms with van der Waals surface area (Å²) in [6.07, 6.45) is 0.642. The largest absolute Gasteiger partial charge is 0.323 e. The molecule has 6 heteroatoms. The quantitative estimate of drug-likeness (QED) is 0.844. The van der Waals surface area contributed by atoms with Crippen molar-refractivity contribution in [3.05, 3.63) is 59.7 Å². The topological polar surface area (TPSA) is 58.2 Å². The van der Waals surface area contributed by atoms with E-state index >= 15 is 0 Å². The van der Waals surface area contributed by atoms with Crippen molar-refractivity contribution in [3.63, 3.8) is 0 Å². The van der Waals surface area contributed by atoms with Crippen LogP contribution in [-0.4, -0.2) is 12.3 Å². The molecule has 0 aromatic heterocycles. The van der Waals surface area contributed by atoms with Gasteiger partial charge in [-0.15, -0.1) is 0 Å². The molecule has 0 radical (unpaired) electrons. The fourth-order valence-corrected chi connectivity index (χ4v) is 1.57. The second-order valence-electron chi connectivity index (χ2n) is 3.95. The SMILES string of the molecule is O=Cc1cccc(NC(=O)Nc2ccc(F)cc2F)c1. The van der Waals surface area contributed by atoms with Crippen molar-refractivity contribution in [3.8, 4) is 0 Å². The number of aldehydes is 1. The first kappa shape index (κ1) is 13.7. The number of benzene rings is 2. The molecular formula is C14H10F2N2O2. The molecule has 0 bridgehead atoms. The van der Waals surface area contributed by atoms with Gasteiger partial charge in [-0.05, 0) is 24.3 Å². The maximum absolute atomic E-state index is 13.3. The molecule has 2 N–H and O–H groups in total. The summed E-state index contributed by atoms with van der Waals surface area (Å²) in [6.45, 7) is 0.